The minimum absolute atomic E-state index is 0. The van der Waals surface area contributed by atoms with Crippen LogP contribution in [-0.2, 0) is 4.74 Å². The molecule has 2 aliphatic heterocycles. The van der Waals surface area contributed by atoms with Crippen LogP contribution in [0, 0.1) is 5.92 Å². The molecule has 0 unspecified atom stereocenters. The Morgan fingerprint density at radius 3 is 2.93 bits per heavy atom. The fourth-order valence-electron chi connectivity index (χ4n) is 3.88. The Labute approximate surface area is 169 Å². The lowest BCUT2D eigenvalue weighted by Crippen LogP contribution is -2.39. The first kappa shape index (κ1) is 19.9. The number of hydrogen-bond donors (Lipinski definition) is 1. The van der Waals surface area contributed by atoms with Crippen LogP contribution in [-0.4, -0.2) is 49.1 Å². The van der Waals surface area contributed by atoms with E-state index >= 15 is 0 Å². The quantitative estimate of drug-likeness (QED) is 0.790. The van der Waals surface area contributed by atoms with Gasteiger partial charge in [-0.15, -0.1) is 23.7 Å². The lowest BCUT2D eigenvalue weighted by Gasteiger charge is -2.23. The summed E-state index contributed by atoms with van der Waals surface area (Å²) in [5, 5.41) is 3.39. The molecule has 0 bridgehead atoms. The van der Waals surface area contributed by atoms with Gasteiger partial charge in [0.1, 0.15) is 4.88 Å². The molecule has 0 saturated carbocycles. The van der Waals surface area contributed by atoms with Crippen molar-refractivity contribution in [2.45, 2.75) is 19.4 Å². The zero-order chi connectivity index (χ0) is 18.1. The summed E-state index contributed by atoms with van der Waals surface area (Å²) in [6, 6.07) is 11.7. The molecule has 0 aliphatic carbocycles. The second-order valence-corrected chi connectivity index (χ2v) is 7.82. The van der Waals surface area contributed by atoms with E-state index in [0.29, 0.717) is 29.0 Å². The number of hydrogen-bond acceptors (Lipinski definition) is 5. The molecule has 2 atom stereocenters. The average Bonchev–Trinajstić information content (AvgIpc) is 3.38. The number of nitrogens with one attached hydrogen (secondary N) is 1. The highest BCUT2D eigenvalue weighted by Gasteiger charge is 2.40. The van der Waals surface area contributed by atoms with Gasteiger partial charge in [-0.05, 0) is 49.1 Å². The van der Waals surface area contributed by atoms with Gasteiger partial charge in [0.25, 0.3) is 5.91 Å². The van der Waals surface area contributed by atoms with E-state index in [9.17, 15) is 9.59 Å². The molecular weight excluding hydrogens is 384 g/mol. The van der Waals surface area contributed by atoms with Crippen LogP contribution >= 0.6 is 23.7 Å². The van der Waals surface area contributed by atoms with E-state index in [0.717, 1.165) is 36.5 Å². The molecule has 0 spiro atoms. The van der Waals surface area contributed by atoms with Gasteiger partial charge in [-0.3, -0.25) is 4.79 Å². The highest BCUT2D eigenvalue weighted by atomic mass is 35.5. The van der Waals surface area contributed by atoms with Gasteiger partial charge in [0.2, 0.25) is 0 Å². The van der Waals surface area contributed by atoms with E-state index in [1.165, 1.54) is 11.3 Å². The lowest BCUT2D eigenvalue weighted by molar-refractivity contribution is 0.0531. The fraction of sp³-hybridized carbons (Fsp3) is 0.400. The number of fused-ring (bicyclic) bond motifs is 1. The number of likely N-dealkylation sites (tertiary alicyclic amines) is 1. The van der Waals surface area contributed by atoms with Gasteiger partial charge >= 0.3 is 5.97 Å². The fourth-order valence-corrected chi connectivity index (χ4v) is 4.77. The molecule has 0 radical (unpaired) electrons. The van der Waals surface area contributed by atoms with Crippen LogP contribution in [0.5, 0.6) is 0 Å². The molecule has 1 amide bonds. The molecule has 1 aromatic carbocycles. The number of ether oxygens (including phenoxy) is 1. The second kappa shape index (κ2) is 8.42. The number of amides is 1. The van der Waals surface area contributed by atoms with Crippen molar-refractivity contribution < 1.29 is 14.3 Å². The monoisotopic (exact) mass is 406 g/mol. The Bertz CT molecular complexity index is 838. The largest absolute Gasteiger partial charge is 0.462 e. The average molecular weight is 407 g/mol. The summed E-state index contributed by atoms with van der Waals surface area (Å²) in [4.78, 5) is 28.4. The molecule has 2 fully saturated rings. The molecule has 1 N–H and O–H groups in total. The summed E-state index contributed by atoms with van der Waals surface area (Å²) in [7, 11) is 0. The maximum Gasteiger partial charge on any atom is 0.348 e. The SMILES string of the molecule is CCOC(=O)c1ccc(-c2cccc(C(=O)N3CC[C@H]4CNC[C@H]43)c2)s1.Cl. The van der Waals surface area contributed by atoms with E-state index in [2.05, 4.69) is 5.32 Å². The van der Waals surface area contributed by atoms with Gasteiger partial charge in [0.15, 0.2) is 0 Å². The van der Waals surface area contributed by atoms with Gasteiger partial charge in [0, 0.05) is 36.1 Å². The molecule has 2 aromatic rings. The smallest absolute Gasteiger partial charge is 0.348 e. The van der Waals surface area contributed by atoms with E-state index in [4.69, 9.17) is 4.74 Å². The standard InChI is InChI=1S/C20H22N2O3S.ClH/c1-2-25-20(24)18-7-6-17(26-18)13-4-3-5-14(10-13)19(23)22-9-8-15-11-21-12-16(15)22;/h3-7,10,15-16,21H,2,8-9,11-12H2,1H3;1H/t15-,16+;/m0./s1. The number of benzene rings is 1. The van der Waals surface area contributed by atoms with Crippen LogP contribution in [0.1, 0.15) is 33.4 Å². The number of esters is 1. The topological polar surface area (TPSA) is 58.6 Å². The molecule has 1 aromatic heterocycles. The summed E-state index contributed by atoms with van der Waals surface area (Å²) < 4.78 is 5.05. The predicted molar refractivity (Wildman–Crippen MR) is 109 cm³/mol. The van der Waals surface area contributed by atoms with Gasteiger partial charge in [0.05, 0.1) is 6.61 Å². The molecule has 2 aliphatic rings. The minimum Gasteiger partial charge on any atom is -0.462 e. The second-order valence-electron chi connectivity index (χ2n) is 6.74. The molecule has 7 heteroatoms. The first-order valence-corrected chi connectivity index (χ1v) is 9.88. The molecule has 3 heterocycles. The number of nitrogens with zero attached hydrogens (tertiary/aromatic N) is 1. The minimum atomic E-state index is -0.298. The highest BCUT2D eigenvalue weighted by molar-refractivity contribution is 7.17. The Hall–Kier alpha value is -1.89. The van der Waals surface area contributed by atoms with Crippen LogP contribution in [0.15, 0.2) is 36.4 Å². The first-order valence-electron chi connectivity index (χ1n) is 9.06. The number of thiophene rings is 1. The van der Waals surface area contributed by atoms with Crippen LogP contribution in [0.4, 0.5) is 0 Å². The van der Waals surface area contributed by atoms with Crippen molar-refractivity contribution in [1.29, 1.82) is 0 Å². The molecule has 27 heavy (non-hydrogen) atoms. The van der Waals surface area contributed by atoms with Crippen LogP contribution in [0.3, 0.4) is 0 Å². The summed E-state index contributed by atoms with van der Waals surface area (Å²) in [5.74, 6) is 0.393. The van der Waals surface area contributed by atoms with E-state index in [-0.39, 0.29) is 24.3 Å². The normalized spacial score (nSPS) is 20.9. The molecular formula is C20H23ClN2O3S. The Balaban J connectivity index is 0.00000210. The third kappa shape index (κ3) is 3.88. The van der Waals surface area contributed by atoms with Crippen molar-refractivity contribution in [1.82, 2.24) is 10.2 Å². The maximum absolute atomic E-state index is 13.0. The number of halogens is 1. The summed E-state index contributed by atoms with van der Waals surface area (Å²) >= 11 is 1.39. The van der Waals surface area contributed by atoms with E-state index < -0.39 is 0 Å². The zero-order valence-electron chi connectivity index (χ0n) is 15.1. The van der Waals surface area contributed by atoms with Crippen molar-refractivity contribution in [3.8, 4) is 10.4 Å². The zero-order valence-corrected chi connectivity index (χ0v) is 16.8. The van der Waals surface area contributed by atoms with Crippen LogP contribution in [0.25, 0.3) is 10.4 Å². The van der Waals surface area contributed by atoms with Gasteiger partial charge in [-0.1, -0.05) is 12.1 Å². The van der Waals surface area contributed by atoms with Gasteiger partial charge in [-0.2, -0.15) is 0 Å². The molecule has 5 nitrogen and oxygen atoms in total. The van der Waals surface area contributed by atoms with Crippen molar-refractivity contribution >= 4 is 35.6 Å². The number of carbonyl (C=O) groups is 2. The molecule has 2 saturated heterocycles. The van der Waals surface area contributed by atoms with Gasteiger partial charge < -0.3 is 15.0 Å². The number of rotatable bonds is 4. The lowest BCUT2D eigenvalue weighted by atomic mass is 10.0. The Morgan fingerprint density at radius 1 is 1.26 bits per heavy atom. The number of carbonyl (C=O) groups excluding carboxylic acids is 2. The van der Waals surface area contributed by atoms with Gasteiger partial charge in [-0.25, -0.2) is 4.79 Å². The van der Waals surface area contributed by atoms with Crippen molar-refractivity contribution in [3.63, 3.8) is 0 Å². The van der Waals surface area contributed by atoms with Crippen molar-refractivity contribution in [2.75, 3.05) is 26.2 Å². The van der Waals surface area contributed by atoms with Crippen molar-refractivity contribution in [3.05, 3.63) is 46.8 Å². The van der Waals surface area contributed by atoms with Crippen LogP contribution < -0.4 is 5.32 Å². The van der Waals surface area contributed by atoms with E-state index in [1.54, 1.807) is 13.0 Å². The Kier molecular flexibility index (Phi) is 6.19. The third-order valence-corrected chi connectivity index (χ3v) is 6.30. The summed E-state index contributed by atoms with van der Waals surface area (Å²) in [6.07, 6.45) is 1.08. The predicted octanol–water partition coefficient (Wildman–Crippen LogP) is 3.45. The summed E-state index contributed by atoms with van der Waals surface area (Å²) in [5.41, 5.74) is 1.66. The molecule has 144 valence electrons. The maximum atomic E-state index is 13.0. The third-order valence-electron chi connectivity index (χ3n) is 5.18. The molecule has 4 rings (SSSR count). The highest BCUT2D eigenvalue weighted by Crippen LogP contribution is 2.31. The first-order chi connectivity index (χ1) is 12.7. The summed E-state index contributed by atoms with van der Waals surface area (Å²) in [6.45, 7) is 4.91. The van der Waals surface area contributed by atoms with Crippen molar-refractivity contribution in [2.24, 2.45) is 5.92 Å². The Morgan fingerprint density at radius 2 is 2.11 bits per heavy atom. The van der Waals surface area contributed by atoms with E-state index in [1.807, 2.05) is 35.2 Å². The van der Waals surface area contributed by atoms with Crippen LogP contribution in [0.2, 0.25) is 0 Å².